The molecule has 0 fully saturated rings. The van der Waals surface area contributed by atoms with Gasteiger partial charge < -0.3 is 4.74 Å². The van der Waals surface area contributed by atoms with Crippen LogP contribution < -0.4 is 4.74 Å². The lowest BCUT2D eigenvalue weighted by Gasteiger charge is -2.01. The number of halogens is 1. The predicted molar refractivity (Wildman–Crippen MR) is 53.6 cm³/mol. The molecular formula is C9H6ClNOS. The topological polar surface area (TPSA) is 22.1 Å². The Labute approximate surface area is 84.8 Å². The Balaban J connectivity index is 2.20. The Kier molecular flexibility index (Phi) is 2.47. The van der Waals surface area contributed by atoms with Crippen LogP contribution in [0.5, 0.6) is 10.8 Å². The molecule has 0 amide bonds. The van der Waals surface area contributed by atoms with Crippen molar-refractivity contribution in [2.45, 2.75) is 0 Å². The summed E-state index contributed by atoms with van der Waals surface area (Å²) >= 11 is 7.32. The molecule has 4 heteroatoms. The Morgan fingerprint density at radius 3 is 2.92 bits per heavy atom. The summed E-state index contributed by atoms with van der Waals surface area (Å²) in [7, 11) is 0. The van der Waals surface area contributed by atoms with Crippen LogP contribution in [0.3, 0.4) is 0 Å². The maximum Gasteiger partial charge on any atom is 0.199 e. The quantitative estimate of drug-likeness (QED) is 0.758. The van der Waals surface area contributed by atoms with E-state index >= 15 is 0 Å². The molecule has 2 aromatic rings. The van der Waals surface area contributed by atoms with E-state index in [0.29, 0.717) is 15.8 Å². The summed E-state index contributed by atoms with van der Waals surface area (Å²) in [4.78, 5) is 3.93. The molecule has 2 heterocycles. The molecule has 13 heavy (non-hydrogen) atoms. The highest BCUT2D eigenvalue weighted by Crippen LogP contribution is 2.34. The first kappa shape index (κ1) is 8.53. The van der Waals surface area contributed by atoms with Crippen molar-refractivity contribution in [3.63, 3.8) is 0 Å². The predicted octanol–water partition coefficient (Wildman–Crippen LogP) is 3.59. The summed E-state index contributed by atoms with van der Waals surface area (Å²) in [5, 5.41) is 3.22. The molecule has 0 aliphatic rings. The summed E-state index contributed by atoms with van der Waals surface area (Å²) < 4.78 is 5.47. The first-order chi connectivity index (χ1) is 6.36. The summed E-state index contributed by atoms with van der Waals surface area (Å²) in [5.74, 6) is 0.701. The zero-order valence-electron chi connectivity index (χ0n) is 6.61. The normalized spacial score (nSPS) is 9.92. The van der Waals surface area contributed by atoms with Gasteiger partial charge in [-0.1, -0.05) is 11.6 Å². The fourth-order valence-electron chi connectivity index (χ4n) is 0.867. The zero-order valence-corrected chi connectivity index (χ0v) is 8.18. The van der Waals surface area contributed by atoms with Crippen molar-refractivity contribution in [3.05, 3.63) is 41.0 Å². The van der Waals surface area contributed by atoms with Crippen molar-refractivity contribution in [2.75, 3.05) is 0 Å². The van der Waals surface area contributed by atoms with Crippen molar-refractivity contribution in [3.8, 4) is 10.8 Å². The van der Waals surface area contributed by atoms with Crippen molar-refractivity contribution >= 4 is 22.9 Å². The molecule has 0 radical (unpaired) electrons. The lowest BCUT2D eigenvalue weighted by atomic mass is 10.5. The van der Waals surface area contributed by atoms with E-state index in [4.69, 9.17) is 16.3 Å². The monoisotopic (exact) mass is 211 g/mol. The second kappa shape index (κ2) is 3.77. The zero-order chi connectivity index (χ0) is 9.10. The van der Waals surface area contributed by atoms with Crippen LogP contribution in [-0.2, 0) is 0 Å². The van der Waals surface area contributed by atoms with Gasteiger partial charge in [-0.05, 0) is 23.6 Å². The van der Waals surface area contributed by atoms with E-state index in [9.17, 15) is 0 Å². The van der Waals surface area contributed by atoms with Gasteiger partial charge in [-0.15, -0.1) is 11.3 Å². The van der Waals surface area contributed by atoms with Gasteiger partial charge in [0.1, 0.15) is 5.75 Å². The van der Waals surface area contributed by atoms with E-state index in [-0.39, 0.29) is 0 Å². The van der Waals surface area contributed by atoms with Gasteiger partial charge in [0, 0.05) is 6.20 Å². The number of nitrogens with zero attached hydrogens (tertiary/aromatic N) is 1. The SMILES string of the molecule is Clc1ccsc1Oc1cccnc1. The van der Waals surface area contributed by atoms with E-state index in [1.807, 2.05) is 17.5 Å². The molecule has 2 rings (SSSR count). The minimum Gasteiger partial charge on any atom is -0.443 e. The molecule has 0 unspecified atom stereocenters. The number of thiophene rings is 1. The van der Waals surface area contributed by atoms with Gasteiger partial charge in [-0.25, -0.2) is 0 Å². The van der Waals surface area contributed by atoms with E-state index in [2.05, 4.69) is 4.98 Å². The Bertz CT molecular complexity index is 388. The second-order valence-electron chi connectivity index (χ2n) is 2.35. The smallest absolute Gasteiger partial charge is 0.199 e. The number of hydrogen-bond donors (Lipinski definition) is 0. The van der Waals surface area contributed by atoms with Crippen molar-refractivity contribution in [1.29, 1.82) is 0 Å². The lowest BCUT2D eigenvalue weighted by molar-refractivity contribution is 0.494. The first-order valence-corrected chi connectivity index (χ1v) is 4.93. The summed E-state index contributed by atoms with van der Waals surface area (Å²) in [6.45, 7) is 0. The Morgan fingerprint density at radius 1 is 1.38 bits per heavy atom. The molecule has 0 saturated heterocycles. The van der Waals surface area contributed by atoms with Gasteiger partial charge >= 0.3 is 0 Å². The summed E-state index contributed by atoms with van der Waals surface area (Å²) in [6, 6.07) is 5.46. The Hall–Kier alpha value is -1.06. The molecule has 0 aliphatic carbocycles. The molecule has 0 bridgehead atoms. The third-order valence-corrected chi connectivity index (χ3v) is 2.63. The van der Waals surface area contributed by atoms with Gasteiger partial charge in [0.25, 0.3) is 0 Å². The highest BCUT2D eigenvalue weighted by molar-refractivity contribution is 7.12. The second-order valence-corrected chi connectivity index (χ2v) is 3.63. The van der Waals surface area contributed by atoms with E-state index in [1.165, 1.54) is 11.3 Å². The molecule has 0 spiro atoms. The highest BCUT2D eigenvalue weighted by atomic mass is 35.5. The highest BCUT2D eigenvalue weighted by Gasteiger charge is 2.03. The van der Waals surface area contributed by atoms with Crippen LogP contribution in [-0.4, -0.2) is 4.98 Å². The number of ether oxygens (including phenoxy) is 1. The average molecular weight is 212 g/mol. The Morgan fingerprint density at radius 2 is 2.31 bits per heavy atom. The van der Waals surface area contributed by atoms with E-state index < -0.39 is 0 Å². The maximum atomic E-state index is 5.85. The van der Waals surface area contributed by atoms with Gasteiger partial charge in [0.05, 0.1) is 11.2 Å². The van der Waals surface area contributed by atoms with Crippen LogP contribution >= 0.6 is 22.9 Å². The molecule has 0 saturated carbocycles. The van der Waals surface area contributed by atoms with Gasteiger partial charge in [0.2, 0.25) is 0 Å². The molecular weight excluding hydrogens is 206 g/mol. The standard InChI is InChI=1S/C9H6ClNOS/c10-8-3-5-13-9(8)12-7-2-1-4-11-6-7/h1-6H. The van der Waals surface area contributed by atoms with Crippen LogP contribution in [0.2, 0.25) is 5.02 Å². The molecule has 0 atom stereocenters. The summed E-state index contributed by atoms with van der Waals surface area (Å²) in [5.41, 5.74) is 0. The maximum absolute atomic E-state index is 5.85. The minimum absolute atomic E-state index is 0.633. The third kappa shape index (κ3) is 1.99. The van der Waals surface area contributed by atoms with Crippen molar-refractivity contribution < 1.29 is 4.74 Å². The molecule has 0 aliphatic heterocycles. The van der Waals surface area contributed by atoms with Crippen LogP contribution in [0, 0.1) is 0 Å². The van der Waals surface area contributed by atoms with Crippen molar-refractivity contribution in [2.24, 2.45) is 0 Å². The number of rotatable bonds is 2. The summed E-state index contributed by atoms with van der Waals surface area (Å²) in [6.07, 6.45) is 3.35. The average Bonchev–Trinajstić information content (AvgIpc) is 2.54. The molecule has 0 aromatic carbocycles. The number of pyridine rings is 1. The van der Waals surface area contributed by atoms with E-state index in [0.717, 1.165) is 0 Å². The van der Waals surface area contributed by atoms with Crippen LogP contribution in [0.15, 0.2) is 36.0 Å². The lowest BCUT2D eigenvalue weighted by Crippen LogP contribution is -1.81. The van der Waals surface area contributed by atoms with Crippen LogP contribution in [0.25, 0.3) is 0 Å². The first-order valence-electron chi connectivity index (χ1n) is 3.67. The van der Waals surface area contributed by atoms with Crippen molar-refractivity contribution in [1.82, 2.24) is 4.98 Å². The molecule has 2 nitrogen and oxygen atoms in total. The fraction of sp³-hybridized carbons (Fsp3) is 0. The van der Waals surface area contributed by atoms with Crippen LogP contribution in [0.1, 0.15) is 0 Å². The van der Waals surface area contributed by atoms with Gasteiger partial charge in [-0.2, -0.15) is 0 Å². The van der Waals surface area contributed by atoms with Crippen LogP contribution in [0.4, 0.5) is 0 Å². The third-order valence-electron chi connectivity index (χ3n) is 1.43. The fourth-order valence-corrected chi connectivity index (χ4v) is 1.83. The largest absolute Gasteiger partial charge is 0.443 e. The molecule has 66 valence electrons. The molecule has 0 N–H and O–H groups in total. The van der Waals surface area contributed by atoms with Gasteiger partial charge in [-0.3, -0.25) is 4.98 Å². The van der Waals surface area contributed by atoms with E-state index in [1.54, 1.807) is 18.5 Å². The number of aromatic nitrogens is 1. The minimum atomic E-state index is 0.633. The number of hydrogen-bond acceptors (Lipinski definition) is 3. The van der Waals surface area contributed by atoms with Gasteiger partial charge in [0.15, 0.2) is 5.06 Å². The molecule has 2 aromatic heterocycles.